The van der Waals surface area contributed by atoms with E-state index >= 15 is 0 Å². The lowest BCUT2D eigenvalue weighted by Gasteiger charge is -2.24. The van der Waals surface area contributed by atoms with E-state index in [1.165, 1.54) is 35.5 Å². The number of hydrogen-bond donors (Lipinski definition) is 0. The number of alkyl halides is 1. The molecule has 0 unspecified atom stereocenters. The lowest BCUT2D eigenvalue weighted by Crippen LogP contribution is -2.26. The summed E-state index contributed by atoms with van der Waals surface area (Å²) in [4.78, 5) is 7.07. The fourth-order valence-corrected chi connectivity index (χ4v) is 3.77. The van der Waals surface area contributed by atoms with Gasteiger partial charge in [0, 0.05) is 30.6 Å². The van der Waals surface area contributed by atoms with Crippen LogP contribution < -0.4 is 4.90 Å². The largest absolute Gasteiger partial charge is 0.371 e. The minimum absolute atomic E-state index is 0.517. The van der Waals surface area contributed by atoms with Gasteiger partial charge in [0.05, 0.1) is 16.6 Å². The van der Waals surface area contributed by atoms with Crippen molar-refractivity contribution < 1.29 is 0 Å². The lowest BCUT2D eigenvalue weighted by atomic mass is 10.1. The summed E-state index contributed by atoms with van der Waals surface area (Å²) in [6.07, 6.45) is 4.79. The smallest absolute Gasteiger partial charge is 0.0946 e. The molecule has 4 heteroatoms. The maximum Gasteiger partial charge on any atom is 0.0946 e. The minimum Gasteiger partial charge on any atom is -0.371 e. The van der Waals surface area contributed by atoms with Gasteiger partial charge in [0.25, 0.3) is 0 Å². The third kappa shape index (κ3) is 3.15. The van der Waals surface area contributed by atoms with Crippen LogP contribution in [0.1, 0.15) is 29.1 Å². The molecule has 0 bridgehead atoms. The van der Waals surface area contributed by atoms with Crippen molar-refractivity contribution in [2.24, 2.45) is 0 Å². The Balaban J connectivity index is 1.70. The van der Waals surface area contributed by atoms with Crippen LogP contribution in [-0.2, 0) is 18.7 Å². The van der Waals surface area contributed by atoms with Gasteiger partial charge in [-0.2, -0.15) is 0 Å². The average Bonchev–Trinajstić information content (AvgIpc) is 2.85. The first-order valence-corrected chi connectivity index (χ1v) is 8.60. The molecule has 3 rings (SSSR count). The van der Waals surface area contributed by atoms with Gasteiger partial charge in [0.1, 0.15) is 0 Å². The molecule has 2 nitrogen and oxygen atoms in total. The number of thiazole rings is 1. The van der Waals surface area contributed by atoms with Crippen molar-refractivity contribution in [3.63, 3.8) is 0 Å². The normalized spacial score (nSPS) is 14.9. The molecule has 0 fully saturated rings. The molecule has 0 amide bonds. The molecule has 2 aromatic rings. The van der Waals surface area contributed by atoms with E-state index in [1.54, 1.807) is 11.3 Å². The second-order valence-corrected chi connectivity index (χ2v) is 6.40. The Morgan fingerprint density at radius 2 is 2.15 bits per heavy atom. The monoisotopic (exact) mass is 306 g/mol. The molecule has 1 aromatic carbocycles. The Bertz CT molecular complexity index is 567. The number of benzene rings is 1. The number of aromatic nitrogens is 1. The zero-order valence-corrected chi connectivity index (χ0v) is 13.1. The number of rotatable bonds is 4. The van der Waals surface area contributed by atoms with Crippen molar-refractivity contribution in [2.45, 2.75) is 31.6 Å². The predicted octanol–water partition coefficient (Wildman–Crippen LogP) is 4.27. The number of anilines is 1. The van der Waals surface area contributed by atoms with Gasteiger partial charge in [-0.3, -0.25) is 0 Å². The van der Waals surface area contributed by atoms with E-state index < -0.39 is 0 Å². The zero-order chi connectivity index (χ0) is 13.8. The van der Waals surface area contributed by atoms with Gasteiger partial charge in [0.2, 0.25) is 0 Å². The van der Waals surface area contributed by atoms with E-state index in [0.717, 1.165) is 25.2 Å². The summed E-state index contributed by atoms with van der Waals surface area (Å²) < 4.78 is 0. The molecule has 2 heterocycles. The summed E-state index contributed by atoms with van der Waals surface area (Å²) >= 11 is 7.54. The van der Waals surface area contributed by atoms with Crippen LogP contribution in [0.2, 0.25) is 0 Å². The predicted molar refractivity (Wildman–Crippen MR) is 87.0 cm³/mol. The molecular formula is C16H19ClN2S. The summed E-state index contributed by atoms with van der Waals surface area (Å²) in [5.74, 6) is 0.517. The van der Waals surface area contributed by atoms with Crippen LogP contribution in [0.4, 0.5) is 5.69 Å². The van der Waals surface area contributed by atoms with Crippen molar-refractivity contribution in [3.05, 3.63) is 45.9 Å². The highest BCUT2D eigenvalue weighted by atomic mass is 35.5. The maximum absolute atomic E-state index is 5.81. The van der Waals surface area contributed by atoms with Crippen LogP contribution in [0.3, 0.4) is 0 Å². The second kappa shape index (κ2) is 6.59. The van der Waals surface area contributed by atoms with Gasteiger partial charge in [-0.15, -0.1) is 22.9 Å². The first-order chi connectivity index (χ1) is 9.86. The first-order valence-electron chi connectivity index (χ1n) is 7.19. The molecule has 0 saturated heterocycles. The number of nitrogens with zero attached hydrogens (tertiary/aromatic N) is 2. The number of aryl methyl sites for hydroxylation is 1. The van der Waals surface area contributed by atoms with Gasteiger partial charge in [-0.05, 0) is 30.9 Å². The van der Waals surface area contributed by atoms with Crippen molar-refractivity contribution >= 4 is 28.6 Å². The molecule has 0 saturated carbocycles. The van der Waals surface area contributed by atoms with Gasteiger partial charge in [-0.25, -0.2) is 4.98 Å². The van der Waals surface area contributed by atoms with Crippen LogP contribution in [-0.4, -0.2) is 18.1 Å². The summed E-state index contributed by atoms with van der Waals surface area (Å²) in [5.41, 5.74) is 3.91. The Morgan fingerprint density at radius 3 is 3.00 bits per heavy atom. The van der Waals surface area contributed by atoms with Gasteiger partial charge in [-0.1, -0.05) is 18.2 Å². The van der Waals surface area contributed by atoms with Crippen LogP contribution in [0.25, 0.3) is 0 Å². The van der Waals surface area contributed by atoms with E-state index in [0.29, 0.717) is 5.88 Å². The van der Waals surface area contributed by atoms with Crippen molar-refractivity contribution in [1.29, 1.82) is 0 Å². The minimum atomic E-state index is 0.517. The SMILES string of the molecule is ClCc1csc(CCN2CCCCc3ccccc32)n1. The molecule has 0 aliphatic carbocycles. The molecular weight excluding hydrogens is 288 g/mol. The molecule has 1 aliphatic rings. The molecule has 20 heavy (non-hydrogen) atoms. The van der Waals surface area contributed by atoms with Crippen LogP contribution >= 0.6 is 22.9 Å². The Kier molecular flexibility index (Phi) is 4.58. The third-order valence-electron chi connectivity index (χ3n) is 3.79. The van der Waals surface area contributed by atoms with Crippen molar-refractivity contribution in [3.8, 4) is 0 Å². The van der Waals surface area contributed by atoms with Crippen LogP contribution in [0, 0.1) is 0 Å². The maximum atomic E-state index is 5.81. The number of para-hydroxylation sites is 1. The first kappa shape index (κ1) is 13.9. The van der Waals surface area contributed by atoms with Crippen molar-refractivity contribution in [1.82, 2.24) is 4.98 Å². The molecule has 1 aliphatic heterocycles. The molecule has 0 spiro atoms. The number of hydrogen-bond acceptors (Lipinski definition) is 3. The summed E-state index contributed by atoms with van der Waals surface area (Å²) in [5, 5.41) is 3.26. The summed E-state index contributed by atoms with van der Waals surface area (Å²) in [6, 6.07) is 8.82. The van der Waals surface area contributed by atoms with Gasteiger partial charge in [0.15, 0.2) is 0 Å². The van der Waals surface area contributed by atoms with Gasteiger partial charge >= 0.3 is 0 Å². The number of fused-ring (bicyclic) bond motifs is 1. The fraction of sp³-hybridized carbons (Fsp3) is 0.438. The quantitative estimate of drug-likeness (QED) is 0.784. The zero-order valence-electron chi connectivity index (χ0n) is 11.5. The lowest BCUT2D eigenvalue weighted by molar-refractivity contribution is 0.709. The Labute approximate surface area is 129 Å². The van der Waals surface area contributed by atoms with E-state index in [-0.39, 0.29) is 0 Å². The Morgan fingerprint density at radius 1 is 1.25 bits per heavy atom. The third-order valence-corrected chi connectivity index (χ3v) is 5.02. The summed E-state index contributed by atoms with van der Waals surface area (Å²) in [6.45, 7) is 2.21. The van der Waals surface area contributed by atoms with E-state index in [1.807, 2.05) is 0 Å². The fourth-order valence-electron chi connectivity index (χ4n) is 2.76. The highest BCUT2D eigenvalue weighted by molar-refractivity contribution is 7.09. The van der Waals surface area contributed by atoms with Crippen LogP contribution in [0.5, 0.6) is 0 Å². The van der Waals surface area contributed by atoms with E-state index in [2.05, 4.69) is 39.5 Å². The molecule has 106 valence electrons. The second-order valence-electron chi connectivity index (χ2n) is 5.19. The van der Waals surface area contributed by atoms with E-state index in [4.69, 9.17) is 11.6 Å². The molecule has 0 N–H and O–H groups in total. The topological polar surface area (TPSA) is 16.1 Å². The average molecular weight is 307 g/mol. The standard InChI is InChI=1S/C16H19ClN2S/c17-11-14-12-20-16(18-14)8-10-19-9-4-3-6-13-5-1-2-7-15(13)19/h1-2,5,7,12H,3-4,6,8-11H2. The van der Waals surface area contributed by atoms with Crippen LogP contribution in [0.15, 0.2) is 29.6 Å². The Hall–Kier alpha value is -1.06. The van der Waals surface area contributed by atoms with E-state index in [9.17, 15) is 0 Å². The summed E-state index contributed by atoms with van der Waals surface area (Å²) in [7, 11) is 0. The molecule has 1 aromatic heterocycles. The van der Waals surface area contributed by atoms with Gasteiger partial charge < -0.3 is 4.90 Å². The molecule has 0 radical (unpaired) electrons. The highest BCUT2D eigenvalue weighted by Crippen LogP contribution is 2.26. The molecule has 0 atom stereocenters. The number of halogens is 1. The van der Waals surface area contributed by atoms with Crippen molar-refractivity contribution in [2.75, 3.05) is 18.0 Å². The highest BCUT2D eigenvalue weighted by Gasteiger charge is 2.15.